The van der Waals surface area contributed by atoms with E-state index in [1.54, 1.807) is 16.8 Å². The van der Waals surface area contributed by atoms with Crippen LogP contribution in [0.15, 0.2) is 88.9 Å². The number of esters is 2. The molecule has 17 rings (SSSR count). The highest BCUT2D eigenvalue weighted by Crippen LogP contribution is 2.88. The van der Waals surface area contributed by atoms with Gasteiger partial charge in [-0.15, -0.1) is 0 Å². The molecule has 2 N–H and O–H groups in total. The lowest BCUT2D eigenvalue weighted by molar-refractivity contribution is -0.282. The van der Waals surface area contributed by atoms with Crippen LogP contribution < -0.4 is 5.73 Å². The Bertz CT molecular complexity index is 2480. The molecule has 62 heavy (non-hydrogen) atoms. The van der Waals surface area contributed by atoms with Crippen LogP contribution in [0.3, 0.4) is 0 Å². The summed E-state index contributed by atoms with van der Waals surface area (Å²) in [6.45, 7) is 9.03. The molecule has 9 aliphatic heterocycles. The summed E-state index contributed by atoms with van der Waals surface area (Å²) < 4.78 is 14.4. The number of nitrogens with zero attached hydrogens (tertiary/aromatic N) is 2. The normalized spacial score (nSPS) is 44.7. The molecule has 322 valence electrons. The van der Waals surface area contributed by atoms with Gasteiger partial charge in [0.1, 0.15) is 11.2 Å². The molecule has 2 aromatic carbocycles. The van der Waals surface area contributed by atoms with Crippen LogP contribution in [0.2, 0.25) is 0 Å². The second-order valence-corrected chi connectivity index (χ2v) is 22.5. The Labute approximate surface area is 367 Å². The van der Waals surface area contributed by atoms with Gasteiger partial charge < -0.3 is 20.1 Å². The monoisotopic (exact) mass is 829 g/mol. The predicted molar refractivity (Wildman–Crippen MR) is 237 cm³/mol. The number of benzene rings is 2. The molecule has 15 aliphatic rings. The van der Waals surface area contributed by atoms with E-state index in [2.05, 4.69) is 84.3 Å². The molecule has 3 spiro atoms. The number of nitrogens with two attached hydrogens (primary N) is 1. The van der Waals surface area contributed by atoms with E-state index in [9.17, 15) is 4.79 Å². The third-order valence-corrected chi connectivity index (χ3v) is 20.1. The molecule has 0 aromatic heterocycles. The molecule has 0 amide bonds. The second kappa shape index (κ2) is 12.9. The van der Waals surface area contributed by atoms with Crippen molar-refractivity contribution in [1.29, 1.82) is 0 Å². The van der Waals surface area contributed by atoms with Gasteiger partial charge in [0, 0.05) is 60.7 Å². The van der Waals surface area contributed by atoms with E-state index in [0.717, 1.165) is 93.3 Å². The smallest absolute Gasteiger partial charge is 0.339 e. The summed E-state index contributed by atoms with van der Waals surface area (Å²) in [5, 5.41) is 0. The van der Waals surface area contributed by atoms with Crippen LogP contribution in [0.4, 0.5) is 0 Å². The number of hydrogen-bond acceptors (Lipinski definition) is 7. The maximum absolute atomic E-state index is 16.2. The first-order chi connectivity index (χ1) is 30.3. The van der Waals surface area contributed by atoms with Gasteiger partial charge in [0.05, 0.1) is 11.0 Å². The molecule has 0 radical (unpaired) electrons. The van der Waals surface area contributed by atoms with Crippen LogP contribution in [0.1, 0.15) is 111 Å². The SMILES string of the molecule is CC1CC2=C3C4C5=C6C7C=CC(CCc8cccc(c8)CC7C14)CC1C64C(=O)OC(=CCC(C)N6CC7CC(C6)C(CC2)N3C7)C4(CC5)C12OC(=O)c1c(CCCN)cccc12. The number of rotatable bonds is 3. The van der Waals surface area contributed by atoms with Gasteiger partial charge in [0.25, 0.3) is 0 Å². The maximum atomic E-state index is 16.2. The number of carbonyl (C=O) groups is 2. The van der Waals surface area contributed by atoms with Gasteiger partial charge in [-0.3, -0.25) is 9.69 Å². The van der Waals surface area contributed by atoms with E-state index in [1.807, 2.05) is 0 Å². The molecule has 4 fully saturated rings. The first-order valence-electron chi connectivity index (χ1n) is 25.0. The van der Waals surface area contributed by atoms with Crippen LogP contribution in [-0.4, -0.2) is 60.0 Å². The summed E-state index contributed by atoms with van der Waals surface area (Å²) >= 11 is 0. The molecule has 3 saturated heterocycles. The minimum absolute atomic E-state index is 0.0524. The number of piperidine rings is 2. The van der Waals surface area contributed by atoms with Crippen LogP contribution in [0, 0.1) is 64.1 Å². The quantitative estimate of drug-likeness (QED) is 0.245. The third kappa shape index (κ3) is 4.38. The van der Waals surface area contributed by atoms with Crippen molar-refractivity contribution < 1.29 is 19.1 Å². The Hall–Kier alpha value is -3.94. The zero-order chi connectivity index (χ0) is 41.4. The lowest BCUT2D eigenvalue weighted by atomic mass is 9.27. The van der Waals surface area contributed by atoms with E-state index in [0.29, 0.717) is 54.1 Å². The minimum Gasteiger partial charge on any atom is -0.449 e. The van der Waals surface area contributed by atoms with Crippen molar-refractivity contribution in [2.24, 2.45) is 69.8 Å². The fraction of sp³-hybridized carbons (Fsp3) is 0.600. The molecule has 6 aliphatic carbocycles. The highest BCUT2D eigenvalue weighted by atomic mass is 16.6. The number of carbonyl (C=O) groups excluding carboxylic acids is 2. The van der Waals surface area contributed by atoms with E-state index in [1.165, 1.54) is 48.9 Å². The first kappa shape index (κ1) is 37.4. The van der Waals surface area contributed by atoms with E-state index in [4.69, 9.17) is 15.2 Å². The molecular formula is C55H63N3O4. The summed E-state index contributed by atoms with van der Waals surface area (Å²) in [7, 11) is 0. The first-order valence-corrected chi connectivity index (χ1v) is 25.0. The molecule has 16 bridgehead atoms. The van der Waals surface area contributed by atoms with Crippen LogP contribution >= 0.6 is 0 Å². The highest BCUT2D eigenvalue weighted by molar-refractivity contribution is 6.00. The Morgan fingerprint density at radius 3 is 2.73 bits per heavy atom. The zero-order valence-electron chi connectivity index (χ0n) is 36.7. The second-order valence-electron chi connectivity index (χ2n) is 22.5. The van der Waals surface area contributed by atoms with E-state index in [-0.39, 0.29) is 29.7 Å². The standard InChI is InChI=1S/C55H63N3O4/c1-30-22-37-15-17-43-38-24-35-27-57(29-38)31(2)11-18-45-53-20-19-40-48(50(37)58(43)28-35)46(30)41-25-34-7-3-6-32(23-34)12-13-33-14-16-39(41)49(40)54(53,52(60)61-45)44(26-33)55(53)42-10-4-8-36(9-5-21-56)47(42)51(59)62-55/h3-4,6-8,10,14,16,18,23,30-31,33,35,38-39,41,43-44,46,48H,5,9,11-13,15,17,19-22,24-29,56H2,1-2H3. The summed E-state index contributed by atoms with van der Waals surface area (Å²) in [4.78, 5) is 36.9. The third-order valence-electron chi connectivity index (χ3n) is 20.1. The van der Waals surface area contributed by atoms with Gasteiger partial charge in [0.2, 0.25) is 0 Å². The molecule has 7 nitrogen and oxygen atoms in total. The highest BCUT2D eigenvalue weighted by Gasteiger charge is 2.93. The zero-order valence-corrected chi connectivity index (χ0v) is 36.7. The van der Waals surface area contributed by atoms with Gasteiger partial charge in [-0.1, -0.05) is 72.7 Å². The average Bonchev–Trinajstić information content (AvgIpc) is 3.71. The fourth-order valence-corrected chi connectivity index (χ4v) is 18.2. The van der Waals surface area contributed by atoms with E-state index < -0.39 is 16.4 Å². The molecular weight excluding hydrogens is 767 g/mol. The van der Waals surface area contributed by atoms with Crippen molar-refractivity contribution in [3.8, 4) is 0 Å². The summed E-state index contributed by atoms with van der Waals surface area (Å²) in [6, 6.07) is 17.0. The largest absolute Gasteiger partial charge is 0.449 e. The van der Waals surface area contributed by atoms with Crippen molar-refractivity contribution in [3.63, 3.8) is 0 Å². The van der Waals surface area contributed by atoms with Gasteiger partial charge in [-0.25, -0.2) is 4.79 Å². The van der Waals surface area contributed by atoms with Crippen LogP contribution in [-0.2, 0) is 39.1 Å². The van der Waals surface area contributed by atoms with Crippen molar-refractivity contribution in [3.05, 3.63) is 117 Å². The Kier molecular flexibility index (Phi) is 7.77. The van der Waals surface area contributed by atoms with Gasteiger partial charge >= 0.3 is 11.9 Å². The van der Waals surface area contributed by atoms with Gasteiger partial charge in [0.15, 0.2) is 5.60 Å². The van der Waals surface area contributed by atoms with E-state index >= 15 is 4.79 Å². The molecule has 15 atom stereocenters. The Morgan fingerprint density at radius 1 is 0.935 bits per heavy atom. The van der Waals surface area contributed by atoms with Crippen molar-refractivity contribution in [2.75, 3.05) is 26.2 Å². The topological polar surface area (TPSA) is 85.1 Å². The maximum Gasteiger partial charge on any atom is 0.339 e. The lowest BCUT2D eigenvalue weighted by Crippen LogP contribution is -2.78. The number of allylic oxidation sites excluding steroid dienone is 4. The Balaban J connectivity index is 1.09. The molecule has 9 heterocycles. The number of ether oxygens (including phenoxy) is 2. The van der Waals surface area contributed by atoms with Crippen molar-refractivity contribution in [1.82, 2.24) is 9.80 Å². The van der Waals surface area contributed by atoms with Gasteiger partial charge in [-0.05, 0) is 161 Å². The number of fused-ring (bicyclic) bond motifs is 7. The number of hydrogen-bond donors (Lipinski definition) is 1. The molecule has 7 heteroatoms. The summed E-state index contributed by atoms with van der Waals surface area (Å²) in [6.07, 6.45) is 20.5. The lowest BCUT2D eigenvalue weighted by Gasteiger charge is -2.73. The molecule has 1 saturated carbocycles. The minimum atomic E-state index is -0.995. The molecule has 15 unspecified atom stereocenters. The van der Waals surface area contributed by atoms with Crippen molar-refractivity contribution in [2.45, 2.75) is 115 Å². The van der Waals surface area contributed by atoms with Crippen molar-refractivity contribution >= 4 is 11.9 Å². The molecule has 2 aromatic rings. The summed E-state index contributed by atoms with van der Waals surface area (Å²) in [5.41, 5.74) is 15.4. The van der Waals surface area contributed by atoms with Gasteiger partial charge in [-0.2, -0.15) is 0 Å². The number of aryl methyl sites for hydroxylation is 2. The summed E-state index contributed by atoms with van der Waals surface area (Å²) in [5.74, 6) is 3.68. The average molecular weight is 830 g/mol. The predicted octanol–water partition coefficient (Wildman–Crippen LogP) is 8.82. The Morgan fingerprint density at radius 2 is 1.82 bits per heavy atom. The van der Waals surface area contributed by atoms with Crippen LogP contribution in [0.25, 0.3) is 0 Å². The fourth-order valence-electron chi connectivity index (χ4n) is 18.2. The van der Waals surface area contributed by atoms with Crippen LogP contribution in [0.5, 0.6) is 0 Å².